The number of hydrogen-bond acceptors (Lipinski definition) is 3. The van der Waals surface area contributed by atoms with E-state index in [1.54, 1.807) is 0 Å². The van der Waals surface area contributed by atoms with Crippen molar-refractivity contribution in [1.82, 2.24) is 5.32 Å². The molecule has 19 heavy (non-hydrogen) atoms. The Labute approximate surface area is 113 Å². The number of benzene rings is 1. The van der Waals surface area contributed by atoms with Gasteiger partial charge in [0.2, 0.25) is 11.8 Å². The Hall–Kier alpha value is -2.04. The number of carbonyl (C=O) groups excluding carboxylic acids is 2. The monoisotopic (exact) mass is 263 g/mol. The quantitative estimate of drug-likeness (QED) is 0.734. The molecule has 1 aromatic rings. The van der Waals surface area contributed by atoms with E-state index < -0.39 is 0 Å². The normalized spacial score (nSPS) is 9.84. The molecule has 0 aliphatic rings. The molecule has 0 saturated heterocycles. The third-order valence-electron chi connectivity index (χ3n) is 2.74. The summed E-state index contributed by atoms with van der Waals surface area (Å²) in [5, 5.41) is 8.62. The van der Waals surface area contributed by atoms with Crippen LogP contribution in [0.4, 0.5) is 11.4 Å². The first-order valence-corrected chi connectivity index (χ1v) is 6.48. The first-order valence-electron chi connectivity index (χ1n) is 6.48. The van der Waals surface area contributed by atoms with Gasteiger partial charge in [0.05, 0.1) is 6.54 Å². The molecule has 1 rings (SSSR count). The van der Waals surface area contributed by atoms with Crippen LogP contribution in [0.2, 0.25) is 0 Å². The standard InChI is InChI=1S/C14H21N3O2/c1-4-13(18)17-12-8-6-7-11(10(12)3)16-9-14(19)15-5-2/h6-8,16H,4-5,9H2,1-3H3,(H,15,19)(H,17,18). The molecule has 0 saturated carbocycles. The second-order valence-electron chi connectivity index (χ2n) is 4.19. The predicted octanol–water partition coefficient (Wildman–Crippen LogP) is 1.89. The van der Waals surface area contributed by atoms with Crippen molar-refractivity contribution in [3.63, 3.8) is 0 Å². The van der Waals surface area contributed by atoms with Crippen molar-refractivity contribution >= 4 is 23.2 Å². The van der Waals surface area contributed by atoms with Crippen molar-refractivity contribution < 1.29 is 9.59 Å². The fourth-order valence-electron chi connectivity index (χ4n) is 1.64. The summed E-state index contributed by atoms with van der Waals surface area (Å²) >= 11 is 0. The maximum absolute atomic E-state index is 11.4. The van der Waals surface area contributed by atoms with E-state index in [4.69, 9.17) is 0 Å². The van der Waals surface area contributed by atoms with E-state index in [1.807, 2.05) is 39.0 Å². The van der Waals surface area contributed by atoms with Gasteiger partial charge in [-0.05, 0) is 31.5 Å². The van der Waals surface area contributed by atoms with Gasteiger partial charge in [-0.1, -0.05) is 13.0 Å². The fraction of sp³-hybridized carbons (Fsp3) is 0.429. The number of anilines is 2. The van der Waals surface area contributed by atoms with Crippen LogP contribution in [0.25, 0.3) is 0 Å². The Kier molecular flexibility index (Phi) is 5.85. The Morgan fingerprint density at radius 3 is 2.42 bits per heavy atom. The minimum absolute atomic E-state index is 0.0241. The molecule has 5 heteroatoms. The van der Waals surface area contributed by atoms with Crippen molar-refractivity contribution in [2.24, 2.45) is 0 Å². The molecule has 3 N–H and O–H groups in total. The van der Waals surface area contributed by atoms with E-state index in [0.717, 1.165) is 16.9 Å². The second-order valence-corrected chi connectivity index (χ2v) is 4.19. The van der Waals surface area contributed by atoms with Gasteiger partial charge in [-0.3, -0.25) is 9.59 Å². The van der Waals surface area contributed by atoms with Crippen molar-refractivity contribution in [2.75, 3.05) is 23.7 Å². The smallest absolute Gasteiger partial charge is 0.239 e. The highest BCUT2D eigenvalue weighted by Crippen LogP contribution is 2.23. The number of amides is 2. The van der Waals surface area contributed by atoms with Gasteiger partial charge in [-0.15, -0.1) is 0 Å². The van der Waals surface area contributed by atoms with Gasteiger partial charge in [0, 0.05) is 24.3 Å². The molecule has 1 aromatic carbocycles. The first-order chi connectivity index (χ1) is 9.08. The topological polar surface area (TPSA) is 70.2 Å². The molecule has 0 fully saturated rings. The summed E-state index contributed by atoms with van der Waals surface area (Å²) in [7, 11) is 0. The average molecular weight is 263 g/mol. The van der Waals surface area contributed by atoms with Gasteiger partial charge in [0.25, 0.3) is 0 Å². The summed E-state index contributed by atoms with van der Waals surface area (Å²) in [6, 6.07) is 5.58. The Bertz CT molecular complexity index is 458. The third-order valence-corrected chi connectivity index (χ3v) is 2.74. The van der Waals surface area contributed by atoms with Gasteiger partial charge in [-0.25, -0.2) is 0 Å². The summed E-state index contributed by atoms with van der Waals surface area (Å²) in [5.74, 6) is -0.0751. The molecule has 0 aliphatic heterocycles. The van der Waals surface area contributed by atoms with Crippen LogP contribution >= 0.6 is 0 Å². The maximum atomic E-state index is 11.4. The Morgan fingerprint density at radius 2 is 1.79 bits per heavy atom. The first kappa shape index (κ1) is 15.0. The summed E-state index contributed by atoms with van der Waals surface area (Å²) in [6.07, 6.45) is 0.440. The molecule has 5 nitrogen and oxygen atoms in total. The molecule has 0 atom stereocenters. The van der Waals surface area contributed by atoms with Crippen LogP contribution in [0.15, 0.2) is 18.2 Å². The van der Waals surface area contributed by atoms with Crippen molar-refractivity contribution in [2.45, 2.75) is 27.2 Å². The highest BCUT2D eigenvalue weighted by atomic mass is 16.2. The van der Waals surface area contributed by atoms with E-state index >= 15 is 0 Å². The SMILES string of the molecule is CCNC(=O)CNc1cccc(NC(=O)CC)c1C. The lowest BCUT2D eigenvalue weighted by Crippen LogP contribution is -2.29. The zero-order valence-corrected chi connectivity index (χ0v) is 11.7. The predicted molar refractivity (Wildman–Crippen MR) is 77.3 cm³/mol. The number of rotatable bonds is 6. The molecular weight excluding hydrogens is 242 g/mol. The zero-order chi connectivity index (χ0) is 14.3. The summed E-state index contributed by atoms with van der Waals surface area (Å²) in [5.41, 5.74) is 2.54. The van der Waals surface area contributed by atoms with Crippen LogP contribution < -0.4 is 16.0 Å². The molecule has 0 unspecified atom stereocenters. The summed E-state index contributed by atoms with van der Waals surface area (Å²) < 4.78 is 0. The Morgan fingerprint density at radius 1 is 1.11 bits per heavy atom. The van der Waals surface area contributed by atoms with Crippen LogP contribution in [0.3, 0.4) is 0 Å². The molecule has 0 spiro atoms. The van der Waals surface area contributed by atoms with Crippen LogP contribution in [0.1, 0.15) is 25.8 Å². The molecule has 0 aromatic heterocycles. The second kappa shape index (κ2) is 7.41. The molecule has 0 aliphatic carbocycles. The average Bonchev–Trinajstić information content (AvgIpc) is 2.40. The highest BCUT2D eigenvalue weighted by molar-refractivity contribution is 5.92. The maximum Gasteiger partial charge on any atom is 0.239 e. The van der Waals surface area contributed by atoms with Gasteiger partial charge in [0.15, 0.2) is 0 Å². The molecule has 0 radical (unpaired) electrons. The van der Waals surface area contributed by atoms with Crippen LogP contribution in [0, 0.1) is 6.92 Å². The minimum atomic E-state index is -0.0510. The number of hydrogen-bond donors (Lipinski definition) is 3. The van der Waals surface area contributed by atoms with Crippen LogP contribution in [-0.2, 0) is 9.59 Å². The minimum Gasteiger partial charge on any atom is -0.376 e. The fourth-order valence-corrected chi connectivity index (χ4v) is 1.64. The third kappa shape index (κ3) is 4.62. The van der Waals surface area contributed by atoms with Gasteiger partial charge >= 0.3 is 0 Å². The van der Waals surface area contributed by atoms with Gasteiger partial charge in [-0.2, -0.15) is 0 Å². The summed E-state index contributed by atoms with van der Waals surface area (Å²) in [6.45, 7) is 6.43. The lowest BCUT2D eigenvalue weighted by molar-refractivity contribution is -0.119. The van der Waals surface area contributed by atoms with Crippen molar-refractivity contribution in [3.8, 4) is 0 Å². The largest absolute Gasteiger partial charge is 0.376 e. The number of carbonyl (C=O) groups is 2. The van der Waals surface area contributed by atoms with E-state index in [1.165, 1.54) is 0 Å². The highest BCUT2D eigenvalue weighted by Gasteiger charge is 2.07. The van der Waals surface area contributed by atoms with Crippen LogP contribution in [0.5, 0.6) is 0 Å². The number of likely N-dealkylation sites (N-methyl/N-ethyl adjacent to an activating group) is 1. The molecule has 0 bridgehead atoms. The van der Waals surface area contributed by atoms with E-state index in [2.05, 4.69) is 16.0 Å². The lowest BCUT2D eigenvalue weighted by Gasteiger charge is -2.13. The van der Waals surface area contributed by atoms with Crippen LogP contribution in [-0.4, -0.2) is 24.9 Å². The zero-order valence-electron chi connectivity index (χ0n) is 11.7. The molecule has 2 amide bonds. The Balaban J connectivity index is 2.71. The molecule has 104 valence electrons. The molecule has 0 heterocycles. The summed E-state index contributed by atoms with van der Waals surface area (Å²) in [4.78, 5) is 22.8. The van der Waals surface area contributed by atoms with E-state index in [9.17, 15) is 9.59 Å². The van der Waals surface area contributed by atoms with E-state index in [-0.39, 0.29) is 18.4 Å². The van der Waals surface area contributed by atoms with Crippen molar-refractivity contribution in [3.05, 3.63) is 23.8 Å². The van der Waals surface area contributed by atoms with E-state index in [0.29, 0.717) is 13.0 Å². The number of nitrogens with one attached hydrogen (secondary N) is 3. The van der Waals surface area contributed by atoms with Gasteiger partial charge < -0.3 is 16.0 Å². The molecular formula is C14H21N3O2. The van der Waals surface area contributed by atoms with Gasteiger partial charge in [0.1, 0.15) is 0 Å². The lowest BCUT2D eigenvalue weighted by atomic mass is 10.1. The van der Waals surface area contributed by atoms with Crippen molar-refractivity contribution in [1.29, 1.82) is 0 Å².